The molecule has 69 heavy (non-hydrogen) atoms. The number of rotatable bonds is 10. The molecule has 5 aliphatic carbocycles. The molecule has 0 aliphatic heterocycles. The van der Waals surface area contributed by atoms with E-state index in [-0.39, 0.29) is 5.41 Å². The first-order chi connectivity index (χ1) is 33.9. The molecule has 338 valence electrons. The molecule has 0 amide bonds. The van der Waals surface area contributed by atoms with Crippen molar-refractivity contribution in [3.63, 3.8) is 0 Å². The van der Waals surface area contributed by atoms with Crippen molar-refractivity contribution < 1.29 is 0 Å². The number of hydrogen-bond acceptors (Lipinski definition) is 1. The quantitative estimate of drug-likeness (QED) is 0.132. The normalized spacial score (nSPS) is 20.8. The monoisotopic (exact) mass is 909 g/mol. The van der Waals surface area contributed by atoms with Crippen LogP contribution in [0.25, 0.3) is 33.4 Å². The molecule has 9 aromatic carbocycles. The van der Waals surface area contributed by atoms with E-state index in [1.165, 1.54) is 114 Å². The van der Waals surface area contributed by atoms with E-state index in [2.05, 4.69) is 249 Å². The fourth-order valence-corrected chi connectivity index (χ4v) is 17.9. The van der Waals surface area contributed by atoms with Crippen LogP contribution in [0.1, 0.15) is 69.1 Å². The molecule has 0 atom stereocenters. The van der Waals surface area contributed by atoms with Gasteiger partial charge in [0, 0.05) is 42.1 Å². The molecule has 2 heteroatoms. The standard InChI is InChI=1S/C67H59NS/c1-66(2)63-25-15-24-61(52-28-26-51(27-29-52)50-16-7-3-8-17-50)65(63)62-39-36-56(43-64(62)66)68(54-32-30-53(31-33-54)67-44-47-40-48(45-67)42-49(41-47)46-67)55-34-37-60(38-35-55)69(57-18-9-4-10-19-57,58-20-11-5-12-21-58)59-22-13-6-14-23-59/h3-39,43,47-49H,40-42,44-46H2,1-2H3. The summed E-state index contributed by atoms with van der Waals surface area (Å²) in [5.74, 6) is 2.74. The van der Waals surface area contributed by atoms with Crippen LogP contribution in [0.5, 0.6) is 0 Å². The molecule has 4 fully saturated rings. The predicted octanol–water partition coefficient (Wildman–Crippen LogP) is 18.6. The van der Waals surface area contributed by atoms with Gasteiger partial charge in [0.25, 0.3) is 0 Å². The van der Waals surface area contributed by atoms with Crippen molar-refractivity contribution >= 4 is 27.1 Å². The van der Waals surface area contributed by atoms with Crippen LogP contribution in [-0.2, 0) is 10.8 Å². The molecule has 1 nitrogen and oxygen atoms in total. The summed E-state index contributed by atoms with van der Waals surface area (Å²) >= 11 is 0. The van der Waals surface area contributed by atoms with Gasteiger partial charge >= 0.3 is 0 Å². The van der Waals surface area contributed by atoms with Gasteiger partial charge in [-0.1, -0.05) is 159 Å². The lowest BCUT2D eigenvalue weighted by molar-refractivity contribution is -0.00518. The van der Waals surface area contributed by atoms with E-state index in [1.54, 1.807) is 5.56 Å². The summed E-state index contributed by atoms with van der Waals surface area (Å²) in [5.41, 5.74) is 15.7. The maximum atomic E-state index is 2.53. The topological polar surface area (TPSA) is 3.24 Å². The third-order valence-electron chi connectivity index (χ3n) is 16.8. The van der Waals surface area contributed by atoms with E-state index in [4.69, 9.17) is 0 Å². The maximum absolute atomic E-state index is 2.53. The van der Waals surface area contributed by atoms with Crippen LogP contribution in [0.2, 0.25) is 0 Å². The Morgan fingerprint density at radius 2 is 0.826 bits per heavy atom. The van der Waals surface area contributed by atoms with Gasteiger partial charge in [0.05, 0.1) is 0 Å². The largest absolute Gasteiger partial charge is 0.310 e. The van der Waals surface area contributed by atoms with Gasteiger partial charge in [0.15, 0.2) is 0 Å². The van der Waals surface area contributed by atoms with E-state index >= 15 is 0 Å². The first-order valence-electron chi connectivity index (χ1n) is 25.3. The van der Waals surface area contributed by atoms with Gasteiger partial charge in [0.2, 0.25) is 0 Å². The fourth-order valence-electron chi connectivity index (χ4n) is 14.0. The van der Waals surface area contributed by atoms with Gasteiger partial charge in [0.1, 0.15) is 0 Å². The lowest BCUT2D eigenvalue weighted by Gasteiger charge is -2.57. The lowest BCUT2D eigenvalue weighted by atomic mass is 9.48. The molecule has 0 N–H and O–H groups in total. The van der Waals surface area contributed by atoms with Crippen molar-refractivity contribution in [2.45, 2.75) is 82.8 Å². The molecule has 14 rings (SSSR count). The Bertz CT molecular complexity index is 3150. The van der Waals surface area contributed by atoms with E-state index in [0.717, 1.165) is 23.4 Å². The van der Waals surface area contributed by atoms with Crippen LogP contribution in [0.15, 0.2) is 250 Å². The SMILES string of the molecule is CC1(C)c2cc(N(c3ccc(C45CC6CC(CC(C6)C4)C5)cc3)c3ccc(S(c4ccccc4)(c4ccccc4)c4ccccc4)cc3)ccc2-c2c(-c3ccc(-c4ccccc4)cc3)cccc21. The van der Waals surface area contributed by atoms with Gasteiger partial charge in [-0.05, 0) is 197 Å². The summed E-state index contributed by atoms with van der Waals surface area (Å²) in [4.78, 5) is 7.85. The van der Waals surface area contributed by atoms with Crippen molar-refractivity contribution in [3.05, 3.63) is 247 Å². The Balaban J connectivity index is 0.939. The summed E-state index contributed by atoms with van der Waals surface area (Å²) in [5, 5.41) is 0. The minimum atomic E-state index is -1.83. The highest BCUT2D eigenvalue weighted by molar-refractivity contribution is 8.34. The van der Waals surface area contributed by atoms with E-state index in [1.807, 2.05) is 0 Å². The zero-order valence-corrected chi connectivity index (χ0v) is 40.6. The van der Waals surface area contributed by atoms with Gasteiger partial charge in [-0.25, -0.2) is 0 Å². The first kappa shape index (κ1) is 42.2. The average Bonchev–Trinajstić information content (AvgIpc) is 3.63. The number of fused-ring (bicyclic) bond motifs is 3. The molecule has 4 saturated carbocycles. The molecule has 0 aromatic heterocycles. The lowest BCUT2D eigenvalue weighted by Crippen LogP contribution is -2.48. The molecule has 0 radical (unpaired) electrons. The Labute approximate surface area is 410 Å². The molecule has 4 bridgehead atoms. The Morgan fingerprint density at radius 1 is 0.377 bits per heavy atom. The Morgan fingerprint density at radius 3 is 1.36 bits per heavy atom. The minimum Gasteiger partial charge on any atom is -0.310 e. The van der Waals surface area contributed by atoms with Crippen LogP contribution in [0, 0.1) is 17.8 Å². The zero-order valence-electron chi connectivity index (χ0n) is 39.8. The number of benzene rings is 9. The molecule has 0 saturated heterocycles. The van der Waals surface area contributed by atoms with Crippen LogP contribution >= 0.6 is 10.0 Å². The van der Waals surface area contributed by atoms with Crippen molar-refractivity contribution in [2.75, 3.05) is 4.90 Å². The molecule has 0 heterocycles. The number of nitrogens with zero attached hydrogens (tertiary/aromatic N) is 1. The second-order valence-corrected chi connectivity index (χ2v) is 24.3. The molecule has 5 aliphatic rings. The Kier molecular flexibility index (Phi) is 10.2. The van der Waals surface area contributed by atoms with E-state index in [9.17, 15) is 0 Å². The number of anilines is 3. The zero-order chi connectivity index (χ0) is 46.2. The summed E-state index contributed by atoms with van der Waals surface area (Å²) in [7, 11) is -1.83. The minimum absolute atomic E-state index is 0.192. The fraction of sp³-hybridized carbons (Fsp3) is 0.194. The van der Waals surface area contributed by atoms with Crippen molar-refractivity contribution in [3.8, 4) is 33.4 Å². The van der Waals surface area contributed by atoms with Crippen molar-refractivity contribution in [2.24, 2.45) is 17.8 Å². The summed E-state index contributed by atoms with van der Waals surface area (Å²) in [6, 6.07) is 87.2. The maximum Gasteiger partial charge on any atom is 0.0465 e. The molecule has 9 aromatic rings. The van der Waals surface area contributed by atoms with Crippen molar-refractivity contribution in [1.29, 1.82) is 0 Å². The average molecular weight is 910 g/mol. The molecule has 0 unspecified atom stereocenters. The summed E-state index contributed by atoms with van der Waals surface area (Å²) in [6.45, 7) is 4.84. The van der Waals surface area contributed by atoms with E-state index < -0.39 is 10.0 Å². The highest BCUT2D eigenvalue weighted by atomic mass is 32.3. The molecular formula is C67H59NS. The van der Waals surface area contributed by atoms with Gasteiger partial charge in [-0.3, -0.25) is 0 Å². The van der Waals surface area contributed by atoms with E-state index in [0.29, 0.717) is 5.41 Å². The molecule has 0 spiro atoms. The highest BCUT2D eigenvalue weighted by Gasteiger charge is 2.51. The van der Waals surface area contributed by atoms with Crippen LogP contribution in [0.4, 0.5) is 17.1 Å². The van der Waals surface area contributed by atoms with Crippen LogP contribution < -0.4 is 4.90 Å². The first-order valence-corrected chi connectivity index (χ1v) is 26.9. The van der Waals surface area contributed by atoms with Gasteiger partial charge in [-0.15, -0.1) is 10.0 Å². The second-order valence-electron chi connectivity index (χ2n) is 21.2. The Hall–Kier alpha value is -6.87. The summed E-state index contributed by atoms with van der Waals surface area (Å²) < 4.78 is 0. The van der Waals surface area contributed by atoms with Gasteiger partial charge in [-0.2, -0.15) is 0 Å². The third-order valence-corrected chi connectivity index (χ3v) is 20.7. The predicted molar refractivity (Wildman–Crippen MR) is 289 cm³/mol. The molecular weight excluding hydrogens is 851 g/mol. The van der Waals surface area contributed by atoms with Crippen molar-refractivity contribution in [1.82, 2.24) is 0 Å². The highest BCUT2D eigenvalue weighted by Crippen LogP contribution is 2.73. The second kappa shape index (κ2) is 16.7. The number of hydrogen-bond donors (Lipinski definition) is 0. The summed E-state index contributed by atoms with van der Waals surface area (Å²) in [6.07, 6.45) is 8.50. The smallest absolute Gasteiger partial charge is 0.0465 e. The third kappa shape index (κ3) is 6.97. The van der Waals surface area contributed by atoms with Crippen LogP contribution in [-0.4, -0.2) is 0 Å². The van der Waals surface area contributed by atoms with Crippen LogP contribution in [0.3, 0.4) is 0 Å². The van der Waals surface area contributed by atoms with Gasteiger partial charge < -0.3 is 4.90 Å².